The highest BCUT2D eigenvalue weighted by atomic mass is 35.5. The summed E-state index contributed by atoms with van der Waals surface area (Å²) in [5.41, 5.74) is 4.82. The number of hydrogen-bond acceptors (Lipinski definition) is 11. The number of nitriles is 1. The quantitative estimate of drug-likeness (QED) is 0.280. The van der Waals surface area contributed by atoms with Gasteiger partial charge in [0.05, 0.1) is 47.3 Å². The van der Waals surface area contributed by atoms with Gasteiger partial charge in [-0.3, -0.25) is 4.99 Å². The van der Waals surface area contributed by atoms with Crippen LogP contribution in [0.4, 0.5) is 24.0 Å². The summed E-state index contributed by atoms with van der Waals surface area (Å²) in [5.74, 6) is -2.73. The van der Waals surface area contributed by atoms with Crippen molar-refractivity contribution in [3.63, 3.8) is 0 Å². The third kappa shape index (κ3) is 5.29. The van der Waals surface area contributed by atoms with Gasteiger partial charge in [-0.25, -0.2) is 13.2 Å². The molecule has 2 aliphatic heterocycles. The van der Waals surface area contributed by atoms with Crippen LogP contribution in [0.2, 0.25) is 5.02 Å². The Morgan fingerprint density at radius 2 is 1.96 bits per heavy atom. The molecular formula is C30H28ClF3N8O2S. The van der Waals surface area contributed by atoms with Crippen molar-refractivity contribution < 1.29 is 22.6 Å². The number of nitrogens with two attached hydrogens (primary N) is 1. The molecule has 15 heteroatoms. The predicted molar refractivity (Wildman–Crippen MR) is 169 cm³/mol. The Balaban J connectivity index is 1.59. The number of benzene rings is 2. The number of thiophene rings is 1. The van der Waals surface area contributed by atoms with E-state index in [0.717, 1.165) is 11.3 Å². The number of hydrogen-bond donors (Lipinski definition) is 1. The van der Waals surface area contributed by atoms with Gasteiger partial charge in [-0.2, -0.15) is 15.2 Å². The molecule has 4 heterocycles. The van der Waals surface area contributed by atoms with Gasteiger partial charge >= 0.3 is 6.01 Å². The van der Waals surface area contributed by atoms with Crippen LogP contribution in [0.5, 0.6) is 6.01 Å². The third-order valence-corrected chi connectivity index (χ3v) is 9.46. The van der Waals surface area contributed by atoms with Crippen LogP contribution >= 0.6 is 22.9 Å². The molecule has 0 unspecified atom stereocenters. The minimum atomic E-state index is -1.11. The van der Waals surface area contributed by atoms with Gasteiger partial charge in [0.2, 0.25) is 0 Å². The van der Waals surface area contributed by atoms with Crippen LogP contribution in [0.3, 0.4) is 0 Å². The van der Waals surface area contributed by atoms with E-state index in [1.807, 2.05) is 48.0 Å². The van der Waals surface area contributed by atoms with Crippen LogP contribution in [0, 0.1) is 28.8 Å². The summed E-state index contributed by atoms with van der Waals surface area (Å²) in [4.78, 5) is 19.0. The Labute approximate surface area is 265 Å². The minimum Gasteiger partial charge on any atom is -0.456 e. The summed E-state index contributed by atoms with van der Waals surface area (Å²) in [6.45, 7) is 3.17. The highest BCUT2D eigenvalue weighted by molar-refractivity contribution is 7.23. The second-order valence-electron chi connectivity index (χ2n) is 10.9. The summed E-state index contributed by atoms with van der Waals surface area (Å²) >= 11 is 7.49. The lowest BCUT2D eigenvalue weighted by atomic mass is 9.96. The molecule has 0 bridgehead atoms. The number of aliphatic imine (C=N–C) groups is 1. The van der Waals surface area contributed by atoms with Gasteiger partial charge < -0.3 is 29.9 Å². The number of nitrogens with zero attached hydrogens (tertiary/aromatic N) is 7. The normalized spacial score (nSPS) is 18.7. The zero-order chi connectivity index (χ0) is 32.2. The van der Waals surface area contributed by atoms with Gasteiger partial charge in [-0.15, -0.1) is 11.3 Å². The van der Waals surface area contributed by atoms with E-state index < -0.39 is 29.1 Å². The molecule has 3 atom stereocenters. The first kappa shape index (κ1) is 30.8. The zero-order valence-corrected chi connectivity index (χ0v) is 26.3. The lowest BCUT2D eigenvalue weighted by Crippen LogP contribution is -2.44. The fourth-order valence-electron chi connectivity index (χ4n) is 5.61. The lowest BCUT2D eigenvalue weighted by molar-refractivity contribution is 0.117. The number of rotatable bonds is 7. The van der Waals surface area contributed by atoms with Crippen molar-refractivity contribution in [2.45, 2.75) is 25.2 Å². The number of anilines is 2. The van der Waals surface area contributed by atoms with Crippen LogP contribution in [-0.2, 0) is 4.74 Å². The van der Waals surface area contributed by atoms with E-state index in [-0.39, 0.29) is 67.0 Å². The van der Waals surface area contributed by atoms with Gasteiger partial charge in [0.25, 0.3) is 0 Å². The van der Waals surface area contributed by atoms with Crippen molar-refractivity contribution in [1.82, 2.24) is 19.8 Å². The average molecular weight is 657 g/mol. The summed E-state index contributed by atoms with van der Waals surface area (Å²) in [5, 5.41) is 9.64. The van der Waals surface area contributed by atoms with Crippen molar-refractivity contribution in [3.05, 3.63) is 52.6 Å². The van der Waals surface area contributed by atoms with Gasteiger partial charge in [-0.1, -0.05) is 11.6 Å². The van der Waals surface area contributed by atoms with Crippen molar-refractivity contribution in [2.75, 3.05) is 51.5 Å². The van der Waals surface area contributed by atoms with Crippen LogP contribution in [-0.4, -0.2) is 85.2 Å². The Kier molecular flexibility index (Phi) is 8.21. The van der Waals surface area contributed by atoms with Crippen molar-refractivity contribution in [3.8, 4) is 23.2 Å². The standard InChI is InChI=1S/C30H28ClF3N8O2S/c1-14(42-7-5-37-6-8-42)41(4)29-15-9-17(31)23(24-18(32)10-19(33)27-22(24)16(11-35)28(36)45-27)25(34)26(15)38-30(39-29)44-21-13-43-12-20(21)40(2)3/h5-7,9-10,14,20-21H,8,12-13,36H2,1-4H3/t14-,20+,21-/m0/s1. The molecular weight excluding hydrogens is 629 g/mol. The van der Waals surface area contributed by atoms with Crippen LogP contribution in [0.1, 0.15) is 12.5 Å². The fourth-order valence-corrected chi connectivity index (χ4v) is 6.83. The summed E-state index contributed by atoms with van der Waals surface area (Å²) in [6, 6.07) is 3.72. The van der Waals surface area contributed by atoms with Gasteiger partial charge in [0.1, 0.15) is 40.1 Å². The molecule has 2 aliphatic rings. The van der Waals surface area contributed by atoms with Crippen molar-refractivity contribution >= 4 is 61.0 Å². The molecule has 234 valence electrons. The highest BCUT2D eigenvalue weighted by Gasteiger charge is 2.34. The van der Waals surface area contributed by atoms with Gasteiger partial charge in [0.15, 0.2) is 5.82 Å². The molecule has 0 spiro atoms. The number of nitrogen functional groups attached to an aromatic ring is 1. The van der Waals surface area contributed by atoms with E-state index in [9.17, 15) is 9.65 Å². The zero-order valence-electron chi connectivity index (χ0n) is 24.7. The summed E-state index contributed by atoms with van der Waals surface area (Å²) in [7, 11) is 5.57. The second-order valence-corrected chi connectivity index (χ2v) is 12.4. The maximum Gasteiger partial charge on any atom is 0.319 e. The number of aromatic nitrogens is 2. The van der Waals surface area contributed by atoms with Crippen LogP contribution in [0.15, 0.2) is 29.5 Å². The van der Waals surface area contributed by atoms with Crippen LogP contribution < -0.4 is 15.4 Å². The van der Waals surface area contributed by atoms with Crippen molar-refractivity contribution in [2.24, 2.45) is 4.99 Å². The molecule has 1 fully saturated rings. The first-order chi connectivity index (χ1) is 21.5. The molecule has 0 saturated carbocycles. The maximum atomic E-state index is 16.9. The Hall–Kier alpha value is -4.16. The largest absolute Gasteiger partial charge is 0.456 e. The topological polar surface area (TPSA) is 116 Å². The first-order valence-electron chi connectivity index (χ1n) is 13.9. The van der Waals surface area contributed by atoms with E-state index in [2.05, 4.69) is 9.98 Å². The molecule has 0 amide bonds. The van der Waals surface area contributed by atoms with Crippen LogP contribution in [0.25, 0.3) is 32.1 Å². The Bertz CT molecular complexity index is 1930. The van der Waals surface area contributed by atoms with E-state index in [4.69, 9.17) is 31.8 Å². The first-order valence-corrected chi connectivity index (χ1v) is 15.1. The maximum absolute atomic E-state index is 16.9. The Morgan fingerprint density at radius 3 is 2.64 bits per heavy atom. The molecule has 0 aliphatic carbocycles. The molecule has 2 N–H and O–H groups in total. The van der Waals surface area contributed by atoms with E-state index in [1.54, 1.807) is 19.5 Å². The molecule has 1 saturated heterocycles. The van der Waals surface area contributed by atoms with E-state index in [1.165, 1.54) is 6.07 Å². The molecule has 45 heavy (non-hydrogen) atoms. The lowest BCUT2D eigenvalue weighted by Gasteiger charge is -2.36. The van der Waals surface area contributed by atoms with E-state index >= 15 is 8.78 Å². The van der Waals surface area contributed by atoms with Crippen molar-refractivity contribution in [1.29, 1.82) is 5.26 Å². The van der Waals surface area contributed by atoms with Gasteiger partial charge in [-0.05, 0) is 27.1 Å². The van der Waals surface area contributed by atoms with E-state index in [0.29, 0.717) is 25.0 Å². The number of fused-ring (bicyclic) bond motifs is 2. The molecule has 0 radical (unpaired) electrons. The molecule has 2 aromatic carbocycles. The highest BCUT2D eigenvalue weighted by Crippen LogP contribution is 2.47. The minimum absolute atomic E-state index is 0.0301. The smallest absolute Gasteiger partial charge is 0.319 e. The SMILES string of the molecule is C[C@H](N1C=CN=CC1)N(C)c1nc(O[C@H]2COC[C@H]2N(C)C)nc2c(F)c(-c3c(F)cc(F)c4sc(N)c(C#N)c34)c(Cl)cc12. The van der Waals surface area contributed by atoms with Gasteiger partial charge in [0, 0.05) is 53.6 Å². The number of halogens is 4. The molecule has 10 nitrogen and oxygen atoms in total. The third-order valence-electron chi connectivity index (χ3n) is 8.14. The molecule has 4 aromatic rings. The predicted octanol–water partition coefficient (Wildman–Crippen LogP) is 5.38. The Morgan fingerprint density at radius 1 is 1.18 bits per heavy atom. The average Bonchev–Trinajstić information content (AvgIpc) is 3.62. The fraction of sp³-hybridized carbons (Fsp3) is 0.333. The summed E-state index contributed by atoms with van der Waals surface area (Å²) in [6.07, 6.45) is 4.50. The second kappa shape index (κ2) is 12.0. The monoisotopic (exact) mass is 656 g/mol. The molecule has 6 rings (SSSR count). The number of ether oxygens (including phenoxy) is 2. The number of likely N-dealkylation sites (N-methyl/N-ethyl adjacent to an activating group) is 1. The molecule has 2 aromatic heterocycles. The summed E-state index contributed by atoms with van der Waals surface area (Å²) < 4.78 is 59.1.